The van der Waals surface area contributed by atoms with Crippen LogP contribution in [0.5, 0.6) is 0 Å². The molecule has 16 nitrogen and oxygen atoms in total. The van der Waals surface area contributed by atoms with Crippen molar-refractivity contribution in [2.75, 3.05) is 6.67 Å². The molecular weight excluding hydrogens is 551 g/mol. The monoisotopic (exact) mass is 570 g/mol. The minimum absolute atomic E-state index is 0.179. The molecule has 198 valence electrons. The molecule has 0 amide bonds. The van der Waals surface area contributed by atoms with Gasteiger partial charge in [0, 0.05) is 11.8 Å². The van der Waals surface area contributed by atoms with E-state index in [1.165, 1.54) is 6.92 Å². The highest BCUT2D eigenvalue weighted by molar-refractivity contribution is 7.66. The number of alkyl halides is 2. The second-order valence-electron chi connectivity index (χ2n) is 6.95. The first kappa shape index (κ1) is 29.7. The van der Waals surface area contributed by atoms with Gasteiger partial charge in [-0.3, -0.25) is 18.9 Å². The van der Waals surface area contributed by atoms with Crippen LogP contribution in [0.1, 0.15) is 18.8 Å². The predicted molar refractivity (Wildman–Crippen MR) is 108 cm³/mol. The number of rotatable bonds is 8. The number of aliphatic hydroxyl groups is 1. The molecule has 0 saturated carbocycles. The van der Waals surface area contributed by atoms with Gasteiger partial charge < -0.3 is 29.4 Å². The average Bonchev–Trinajstić information content (AvgIpc) is 2.88. The summed E-state index contributed by atoms with van der Waals surface area (Å²) in [5.74, 6) is 3.48. The lowest BCUT2D eigenvalue weighted by Gasteiger charge is -2.25. The Morgan fingerprint density at radius 3 is 2.34 bits per heavy atom. The fourth-order valence-electron chi connectivity index (χ4n) is 3.11. The van der Waals surface area contributed by atoms with Crippen molar-refractivity contribution in [2.24, 2.45) is 0 Å². The largest absolute Gasteiger partial charge is 0.490 e. The van der Waals surface area contributed by atoms with Crippen LogP contribution in [0.15, 0.2) is 15.7 Å². The second kappa shape index (κ2) is 10.4. The normalized spacial score (nSPS) is 29.0. The van der Waals surface area contributed by atoms with Crippen molar-refractivity contribution >= 4 is 23.5 Å². The molecule has 2 heterocycles. The molecule has 0 bridgehead atoms. The molecule has 2 rings (SSSR count). The number of aliphatic hydroxyl groups excluding tert-OH is 1. The van der Waals surface area contributed by atoms with E-state index in [1.807, 2.05) is 4.98 Å². The third-order valence-corrected chi connectivity index (χ3v) is 8.24. The number of aromatic amines is 1. The zero-order valence-electron chi connectivity index (χ0n) is 17.5. The fraction of sp³-hybridized carbons (Fsp3) is 0.571. The molecule has 1 saturated heterocycles. The Morgan fingerprint density at radius 2 is 1.83 bits per heavy atom. The standard InChI is InChI=1S/C14H19F2N2O14P3/c1-7-6-9(19)17-13(21)18(7)12-14(16,4-3-5-15)11(20)10(29-12)8(2)30-34(25,26)32-35(27,28)31-33(22,23)24/h6,8,10-12,20H,5H2,1-2H3,(H,25,26)(H,27,28)(H,17,19,21)(H2,22,23,24)/t8-,10-,11?,12-,14-/m1/s1. The van der Waals surface area contributed by atoms with E-state index >= 15 is 4.39 Å². The highest BCUT2D eigenvalue weighted by atomic mass is 31.3. The van der Waals surface area contributed by atoms with Gasteiger partial charge in [0.1, 0.15) is 18.9 Å². The van der Waals surface area contributed by atoms with Crippen molar-refractivity contribution < 1.29 is 65.0 Å². The molecule has 0 radical (unpaired) electrons. The number of phosphoric ester groups is 1. The van der Waals surface area contributed by atoms with E-state index in [-0.39, 0.29) is 5.69 Å². The van der Waals surface area contributed by atoms with Gasteiger partial charge in [-0.15, -0.1) is 0 Å². The predicted octanol–water partition coefficient (Wildman–Crippen LogP) is -0.484. The van der Waals surface area contributed by atoms with Crippen molar-refractivity contribution in [3.8, 4) is 11.8 Å². The van der Waals surface area contributed by atoms with Crippen LogP contribution in [0.2, 0.25) is 0 Å². The van der Waals surface area contributed by atoms with Gasteiger partial charge in [-0.25, -0.2) is 27.3 Å². The molecule has 0 spiro atoms. The van der Waals surface area contributed by atoms with E-state index in [9.17, 15) is 42.6 Å². The molecule has 0 aliphatic carbocycles. The first-order valence-electron chi connectivity index (χ1n) is 9.05. The maximum absolute atomic E-state index is 15.8. The molecule has 0 aromatic carbocycles. The Balaban J connectivity index is 2.40. The third-order valence-electron chi connectivity index (χ3n) is 4.32. The van der Waals surface area contributed by atoms with Crippen LogP contribution in [0.25, 0.3) is 0 Å². The maximum atomic E-state index is 15.8. The molecule has 21 heteroatoms. The summed E-state index contributed by atoms with van der Waals surface area (Å²) in [5, 5.41) is 10.5. The Morgan fingerprint density at radius 1 is 1.23 bits per heavy atom. The van der Waals surface area contributed by atoms with Crippen molar-refractivity contribution in [3.05, 3.63) is 32.6 Å². The average molecular weight is 570 g/mol. The summed E-state index contributed by atoms with van der Waals surface area (Å²) in [4.78, 5) is 61.6. The van der Waals surface area contributed by atoms with Crippen molar-refractivity contribution in [2.45, 2.75) is 44.1 Å². The van der Waals surface area contributed by atoms with Crippen molar-refractivity contribution in [1.82, 2.24) is 9.55 Å². The summed E-state index contributed by atoms with van der Waals surface area (Å²) in [6.07, 6.45) is -8.46. The van der Waals surface area contributed by atoms with Gasteiger partial charge in [-0.05, 0) is 13.8 Å². The molecule has 1 aromatic heterocycles. The Hall–Kier alpha value is -1.57. The van der Waals surface area contributed by atoms with Gasteiger partial charge in [0.15, 0.2) is 6.23 Å². The number of hydrogen-bond acceptors (Lipinski definition) is 10. The van der Waals surface area contributed by atoms with Crippen LogP contribution in [-0.2, 0) is 31.6 Å². The number of aromatic nitrogens is 2. The number of H-pyrrole nitrogens is 1. The molecular formula is C14H19F2N2O14P3. The van der Waals surface area contributed by atoms with Gasteiger partial charge in [0.25, 0.3) is 5.56 Å². The van der Waals surface area contributed by atoms with E-state index in [2.05, 4.69) is 13.1 Å². The van der Waals surface area contributed by atoms with Crippen molar-refractivity contribution in [1.29, 1.82) is 0 Å². The van der Waals surface area contributed by atoms with E-state index in [0.29, 0.717) is 4.57 Å². The van der Waals surface area contributed by atoms with Crippen LogP contribution in [0.4, 0.5) is 8.78 Å². The van der Waals surface area contributed by atoms with E-state index in [4.69, 9.17) is 14.5 Å². The van der Waals surface area contributed by atoms with Crippen molar-refractivity contribution in [3.63, 3.8) is 0 Å². The number of halogens is 2. The molecule has 7 atom stereocenters. The SMILES string of the molecule is Cc1cc(=O)[nH]c(=O)n1[C@@H]1O[C@H]([C@@H](C)OP(=O)(O)OP(=O)(O)OP(=O)(O)O)C(O)[C@]1(F)C#CCF. The van der Waals surface area contributed by atoms with Crippen LogP contribution in [0.3, 0.4) is 0 Å². The number of phosphoric acid groups is 3. The molecule has 1 aliphatic rings. The Kier molecular flexibility index (Phi) is 8.84. The Bertz CT molecular complexity index is 1280. The summed E-state index contributed by atoms with van der Waals surface area (Å²) < 4.78 is 80.1. The molecule has 1 fully saturated rings. The van der Waals surface area contributed by atoms with Crippen LogP contribution in [-0.4, -0.2) is 64.9 Å². The lowest BCUT2D eigenvalue weighted by Crippen LogP contribution is -2.46. The van der Waals surface area contributed by atoms with E-state index in [1.54, 1.807) is 11.8 Å². The minimum atomic E-state index is -5.88. The van der Waals surface area contributed by atoms with Gasteiger partial charge in [0.2, 0.25) is 5.67 Å². The van der Waals surface area contributed by atoms with Gasteiger partial charge in [-0.1, -0.05) is 11.8 Å². The highest BCUT2D eigenvalue weighted by Crippen LogP contribution is 2.66. The summed E-state index contributed by atoms with van der Waals surface area (Å²) >= 11 is 0. The lowest BCUT2D eigenvalue weighted by molar-refractivity contribution is -0.0787. The second-order valence-corrected chi connectivity index (χ2v) is 11.3. The summed E-state index contributed by atoms with van der Waals surface area (Å²) in [7, 11) is -17.3. The van der Waals surface area contributed by atoms with Gasteiger partial charge >= 0.3 is 29.2 Å². The molecule has 6 N–H and O–H groups in total. The van der Waals surface area contributed by atoms with E-state index in [0.717, 1.165) is 13.0 Å². The lowest BCUT2D eigenvalue weighted by atomic mass is 9.94. The van der Waals surface area contributed by atoms with Crippen LogP contribution in [0, 0.1) is 18.8 Å². The fourth-order valence-corrected chi connectivity index (χ4v) is 6.31. The quantitative estimate of drug-likeness (QED) is 0.171. The topological polar surface area (TPSA) is 244 Å². The minimum Gasteiger partial charge on any atom is -0.386 e. The number of ether oxygens (including phenoxy) is 1. The maximum Gasteiger partial charge on any atom is 0.490 e. The number of aryl methyl sites for hydroxylation is 1. The summed E-state index contributed by atoms with van der Waals surface area (Å²) in [6, 6.07) is 0.864. The zero-order chi connectivity index (χ0) is 27.0. The smallest absolute Gasteiger partial charge is 0.386 e. The number of nitrogens with zero attached hydrogens (tertiary/aromatic N) is 1. The van der Waals surface area contributed by atoms with Gasteiger partial charge in [0.05, 0.1) is 6.10 Å². The first-order valence-corrected chi connectivity index (χ1v) is 13.6. The molecule has 1 aromatic rings. The third kappa shape index (κ3) is 7.23. The highest BCUT2D eigenvalue weighted by Gasteiger charge is 2.60. The molecule has 35 heavy (non-hydrogen) atoms. The number of nitrogens with one attached hydrogen (secondary N) is 1. The summed E-state index contributed by atoms with van der Waals surface area (Å²) in [5.41, 5.74) is -5.50. The first-order chi connectivity index (χ1) is 15.8. The van der Waals surface area contributed by atoms with E-state index < -0.39 is 71.6 Å². The van der Waals surface area contributed by atoms with Crippen LogP contribution >= 0.6 is 23.5 Å². The van der Waals surface area contributed by atoms with Gasteiger partial charge in [-0.2, -0.15) is 8.62 Å². The number of hydrogen-bond donors (Lipinski definition) is 6. The Labute approximate surface area is 193 Å². The zero-order valence-corrected chi connectivity index (χ0v) is 20.2. The summed E-state index contributed by atoms with van der Waals surface area (Å²) in [6.45, 7) is 0.685. The molecule has 1 aliphatic heterocycles. The van der Waals surface area contributed by atoms with Crippen LogP contribution < -0.4 is 11.2 Å². The molecule has 3 unspecified atom stereocenters.